The van der Waals surface area contributed by atoms with Crippen molar-refractivity contribution in [1.82, 2.24) is 11.5 Å². The third kappa shape index (κ3) is 9.30. The van der Waals surface area contributed by atoms with Crippen molar-refractivity contribution in [2.45, 2.75) is 77.0 Å². The van der Waals surface area contributed by atoms with Crippen LogP contribution >= 0.6 is 0 Å². The number of rotatable bonds is 11. The normalized spacial score (nSPS) is 17.7. The maximum absolute atomic E-state index is 13.1. The molecule has 0 aromatic heterocycles. The van der Waals surface area contributed by atoms with Crippen LogP contribution in [0.1, 0.15) is 77.2 Å². The Labute approximate surface area is 184 Å². The third-order valence-corrected chi connectivity index (χ3v) is 6.28. The highest BCUT2D eigenvalue weighted by Gasteiger charge is 2.43. The van der Waals surface area contributed by atoms with Crippen molar-refractivity contribution in [1.29, 1.82) is 0 Å². The van der Waals surface area contributed by atoms with Crippen LogP contribution in [0.3, 0.4) is 0 Å². The van der Waals surface area contributed by atoms with Gasteiger partial charge in [-0.05, 0) is 80.9 Å². The molecule has 3 heteroatoms. The monoisotopic (exact) mass is 414 g/mol. The lowest BCUT2D eigenvalue weighted by molar-refractivity contribution is 0.544. The minimum absolute atomic E-state index is 0. The summed E-state index contributed by atoms with van der Waals surface area (Å²) in [7, 11) is 1.95. The number of nitrogens with one attached hydrogen (secondary N) is 1. The van der Waals surface area contributed by atoms with Gasteiger partial charge in [0.05, 0.1) is 0 Å². The zero-order valence-corrected chi connectivity index (χ0v) is 19.4. The maximum Gasteiger partial charge on any atom is 0.123 e. The molecule has 2 saturated carbocycles. The fourth-order valence-electron chi connectivity index (χ4n) is 3.64. The van der Waals surface area contributed by atoms with E-state index < -0.39 is 0 Å². The smallest absolute Gasteiger partial charge is 0.123 e. The summed E-state index contributed by atoms with van der Waals surface area (Å²) < 4.78 is 13.1. The van der Waals surface area contributed by atoms with Crippen LogP contribution in [0.15, 0.2) is 60.8 Å². The molecule has 0 radical (unpaired) electrons. The van der Waals surface area contributed by atoms with E-state index in [1.54, 1.807) is 12.1 Å². The molecule has 0 bridgehead atoms. The first-order chi connectivity index (χ1) is 14.0. The molecule has 2 aliphatic rings. The molecule has 4 N–H and O–H groups in total. The largest absolute Gasteiger partial charge is 0.392 e. The van der Waals surface area contributed by atoms with Crippen LogP contribution < -0.4 is 11.5 Å². The number of benzene rings is 1. The van der Waals surface area contributed by atoms with Crippen molar-refractivity contribution < 1.29 is 4.39 Å². The summed E-state index contributed by atoms with van der Waals surface area (Å²) in [6.45, 7) is 8.49. The predicted molar refractivity (Wildman–Crippen MR) is 129 cm³/mol. The van der Waals surface area contributed by atoms with Crippen LogP contribution in [0.25, 0.3) is 0 Å². The van der Waals surface area contributed by atoms with E-state index in [-0.39, 0.29) is 12.0 Å². The average Bonchev–Trinajstić information content (AvgIpc) is 3.65. The van der Waals surface area contributed by atoms with E-state index in [0.29, 0.717) is 11.3 Å². The van der Waals surface area contributed by atoms with Crippen molar-refractivity contribution in [3.8, 4) is 0 Å². The van der Waals surface area contributed by atoms with Gasteiger partial charge in [-0.3, -0.25) is 0 Å². The van der Waals surface area contributed by atoms with E-state index in [1.807, 2.05) is 19.2 Å². The lowest BCUT2D eigenvalue weighted by Gasteiger charge is -2.17. The van der Waals surface area contributed by atoms with Gasteiger partial charge in [-0.15, -0.1) is 0 Å². The second-order valence-corrected chi connectivity index (χ2v) is 8.83. The number of halogens is 1. The lowest BCUT2D eigenvalue weighted by atomic mass is 9.90. The van der Waals surface area contributed by atoms with Gasteiger partial charge < -0.3 is 11.5 Å². The summed E-state index contributed by atoms with van der Waals surface area (Å²) in [5.41, 5.74) is 2.73. The van der Waals surface area contributed by atoms with Gasteiger partial charge in [0.2, 0.25) is 0 Å². The summed E-state index contributed by atoms with van der Waals surface area (Å²) in [5.74, 6) is 1.43. The molecular formula is C27H43FN2. The van der Waals surface area contributed by atoms with Crippen molar-refractivity contribution in [3.05, 3.63) is 72.2 Å². The van der Waals surface area contributed by atoms with Crippen LogP contribution in [-0.4, -0.2) is 7.05 Å². The maximum atomic E-state index is 13.1. The quantitative estimate of drug-likeness (QED) is 0.362. The molecule has 30 heavy (non-hydrogen) atoms. The molecule has 2 nitrogen and oxygen atoms in total. The highest BCUT2D eigenvalue weighted by atomic mass is 19.1. The number of hydrogen-bond donors (Lipinski definition) is 2. The van der Waals surface area contributed by atoms with E-state index in [0.717, 1.165) is 43.7 Å². The van der Waals surface area contributed by atoms with Crippen LogP contribution in [-0.2, 0) is 5.41 Å². The van der Waals surface area contributed by atoms with Gasteiger partial charge in [0.15, 0.2) is 0 Å². The van der Waals surface area contributed by atoms with E-state index in [9.17, 15) is 4.39 Å². The van der Waals surface area contributed by atoms with Crippen molar-refractivity contribution in [2.24, 2.45) is 11.8 Å². The second-order valence-electron chi connectivity index (χ2n) is 8.83. The highest BCUT2D eigenvalue weighted by Crippen LogP contribution is 2.51. The topological polar surface area (TPSA) is 47.0 Å². The van der Waals surface area contributed by atoms with Gasteiger partial charge in [-0.1, -0.05) is 62.8 Å². The molecule has 1 aromatic carbocycles. The Morgan fingerprint density at radius 2 is 1.80 bits per heavy atom. The molecule has 168 valence electrons. The van der Waals surface area contributed by atoms with Crippen molar-refractivity contribution in [3.63, 3.8) is 0 Å². The summed E-state index contributed by atoms with van der Waals surface area (Å²) in [4.78, 5) is 0. The Balaban J connectivity index is 0.000000803. The van der Waals surface area contributed by atoms with Gasteiger partial charge in [0.25, 0.3) is 0 Å². The van der Waals surface area contributed by atoms with Crippen molar-refractivity contribution in [2.75, 3.05) is 7.05 Å². The minimum atomic E-state index is -0.145. The zero-order chi connectivity index (χ0) is 21.1. The first-order valence-electron chi connectivity index (χ1n) is 11.4. The molecule has 0 amide bonds. The van der Waals surface area contributed by atoms with Gasteiger partial charge in [0, 0.05) is 18.7 Å². The van der Waals surface area contributed by atoms with Crippen LogP contribution in [0.2, 0.25) is 0 Å². The van der Waals surface area contributed by atoms with Crippen LogP contribution in [0.4, 0.5) is 4.39 Å². The fraction of sp³-hybridized carbons (Fsp3) is 0.556. The van der Waals surface area contributed by atoms with E-state index >= 15 is 0 Å². The molecule has 0 spiro atoms. The molecule has 0 saturated heterocycles. The number of allylic oxidation sites excluding steroid dienone is 5. The standard InChI is InChI=1S/C23H32FN.C4H8.H3N/c1-4-5-7-10-20(19(2)25-3)11-8-6-9-16-23(17-18-23)21-12-14-22(24)15-13-21;1-4-2-3-4;/h4-6,8,12-15,20,25H,2,7,9-11,16-18H2,1,3H3;4H,2-3H2,1H3;1H3/b5-4+,8-6-;;. The molecular weight excluding hydrogens is 371 g/mol. The fourth-order valence-corrected chi connectivity index (χ4v) is 3.64. The molecule has 1 atom stereocenters. The lowest BCUT2D eigenvalue weighted by Crippen LogP contribution is -2.14. The molecule has 2 aliphatic carbocycles. The van der Waals surface area contributed by atoms with Gasteiger partial charge in [-0.25, -0.2) is 4.39 Å². The molecule has 0 aliphatic heterocycles. The highest BCUT2D eigenvalue weighted by molar-refractivity contribution is 5.31. The Hall–Kier alpha value is -1.87. The van der Waals surface area contributed by atoms with Crippen LogP contribution in [0, 0.1) is 17.7 Å². The Morgan fingerprint density at radius 3 is 2.30 bits per heavy atom. The van der Waals surface area contributed by atoms with E-state index in [4.69, 9.17) is 0 Å². The van der Waals surface area contributed by atoms with Gasteiger partial charge in [0.1, 0.15) is 5.82 Å². The predicted octanol–water partition coefficient (Wildman–Crippen LogP) is 7.87. The zero-order valence-electron chi connectivity index (χ0n) is 19.4. The Bertz CT molecular complexity index is 667. The molecule has 0 heterocycles. The molecule has 2 fully saturated rings. The molecule has 3 rings (SSSR count). The third-order valence-electron chi connectivity index (χ3n) is 6.28. The van der Waals surface area contributed by atoms with E-state index in [1.165, 1.54) is 31.2 Å². The first-order valence-corrected chi connectivity index (χ1v) is 11.4. The summed E-state index contributed by atoms with van der Waals surface area (Å²) in [5, 5.41) is 3.21. The molecule has 1 unspecified atom stereocenters. The summed E-state index contributed by atoms with van der Waals surface area (Å²) in [6.07, 6.45) is 19.9. The first kappa shape index (κ1) is 26.2. The summed E-state index contributed by atoms with van der Waals surface area (Å²) >= 11 is 0. The Kier molecular flexibility index (Phi) is 11.7. The van der Waals surface area contributed by atoms with Gasteiger partial charge in [-0.2, -0.15) is 0 Å². The number of hydrogen-bond acceptors (Lipinski definition) is 2. The van der Waals surface area contributed by atoms with Crippen LogP contribution in [0.5, 0.6) is 0 Å². The average molecular weight is 415 g/mol. The minimum Gasteiger partial charge on any atom is -0.392 e. The van der Waals surface area contributed by atoms with Gasteiger partial charge >= 0.3 is 0 Å². The molecule has 1 aromatic rings. The second kappa shape index (κ2) is 13.4. The SMILES string of the molecule is C=C(NC)C(C/C=C\CCC1(c2ccc(F)cc2)CC1)CC/C=C/C.CC1CC1.N. The summed E-state index contributed by atoms with van der Waals surface area (Å²) in [6, 6.07) is 7.09. The van der Waals surface area contributed by atoms with E-state index in [2.05, 4.69) is 50.0 Å². The Morgan fingerprint density at radius 1 is 1.17 bits per heavy atom. The van der Waals surface area contributed by atoms with Crippen molar-refractivity contribution >= 4 is 0 Å².